The number of amides is 4. The van der Waals surface area contributed by atoms with Gasteiger partial charge in [0.15, 0.2) is 0 Å². The van der Waals surface area contributed by atoms with Gasteiger partial charge in [-0.1, -0.05) is 25.6 Å². The fourth-order valence-electron chi connectivity index (χ4n) is 4.25. The van der Waals surface area contributed by atoms with Crippen LogP contribution < -0.4 is 15.4 Å². The van der Waals surface area contributed by atoms with Gasteiger partial charge in [-0.05, 0) is 47.9 Å². The summed E-state index contributed by atoms with van der Waals surface area (Å²) in [7, 11) is 1.35. The quantitative estimate of drug-likeness (QED) is 0.303. The highest BCUT2D eigenvalue weighted by molar-refractivity contribution is 7.36. The molecule has 2 unspecified atom stereocenters. The highest BCUT2D eigenvalue weighted by Gasteiger charge is 2.32. The van der Waals surface area contributed by atoms with Gasteiger partial charge in [0.05, 0.1) is 19.9 Å². The standard InChI is InChI=1S/C26H23N4O6P.CH4/c1-35-18-6-4-17-13-30(25(33)20(17)11-18)37-24(29-26(34)28-14-31)23-10-16-3-2-15(5-7-22(16)36-23)19-8-9-27-12-21(19)32;/h2,4-12,14,24,32,37H,3,13H2,1H3,(H2,28,29,31,34);1H4. The monoisotopic (exact) mass is 534 g/mol. The molecular formula is C27H27N4O6P. The summed E-state index contributed by atoms with van der Waals surface area (Å²) in [6, 6.07) is 8.22. The van der Waals surface area contributed by atoms with E-state index in [2.05, 4.69) is 15.6 Å². The topological polar surface area (TPSA) is 134 Å². The number of hydrogen-bond acceptors (Lipinski definition) is 7. The number of carbonyl (C=O) groups is 3. The minimum atomic E-state index is -0.698. The lowest BCUT2D eigenvalue weighted by Gasteiger charge is -2.23. The average Bonchev–Trinajstić information content (AvgIpc) is 3.38. The van der Waals surface area contributed by atoms with Gasteiger partial charge in [0.2, 0.25) is 6.41 Å². The van der Waals surface area contributed by atoms with E-state index in [9.17, 15) is 19.5 Å². The van der Waals surface area contributed by atoms with Crippen molar-refractivity contribution in [1.82, 2.24) is 20.3 Å². The molecule has 2 atom stereocenters. The van der Waals surface area contributed by atoms with Crippen LogP contribution in [0, 0.1) is 0 Å². The number of ether oxygens (including phenoxy) is 1. The van der Waals surface area contributed by atoms with Crippen LogP contribution in [0.4, 0.5) is 4.79 Å². The molecule has 1 aromatic carbocycles. The predicted molar refractivity (Wildman–Crippen MR) is 144 cm³/mol. The van der Waals surface area contributed by atoms with E-state index >= 15 is 0 Å². The van der Waals surface area contributed by atoms with Crippen molar-refractivity contribution < 1.29 is 28.6 Å². The fraction of sp³-hybridized carbons (Fsp3) is 0.185. The van der Waals surface area contributed by atoms with Crippen molar-refractivity contribution in [2.75, 3.05) is 7.11 Å². The number of imide groups is 1. The maximum absolute atomic E-state index is 13.1. The van der Waals surface area contributed by atoms with Crippen molar-refractivity contribution in [3.8, 4) is 11.5 Å². The second kappa shape index (κ2) is 11.3. The first-order valence-corrected chi connectivity index (χ1v) is 12.4. The molecular weight excluding hydrogens is 507 g/mol. The van der Waals surface area contributed by atoms with Gasteiger partial charge in [-0.15, -0.1) is 0 Å². The van der Waals surface area contributed by atoms with E-state index in [1.54, 1.807) is 42.3 Å². The number of nitrogens with zero attached hydrogens (tertiary/aromatic N) is 2. The number of pyridine rings is 1. The summed E-state index contributed by atoms with van der Waals surface area (Å²) in [6.07, 6.45) is 9.42. The number of aromatic hydroxyl groups is 1. The molecule has 196 valence electrons. The van der Waals surface area contributed by atoms with Crippen molar-refractivity contribution in [2.24, 2.45) is 0 Å². The van der Waals surface area contributed by atoms with Crippen LogP contribution in [0.2, 0.25) is 0 Å². The molecule has 0 fully saturated rings. The van der Waals surface area contributed by atoms with E-state index in [0.29, 0.717) is 47.8 Å². The normalized spacial score (nSPS) is 14.7. The first-order valence-electron chi connectivity index (χ1n) is 11.4. The minimum Gasteiger partial charge on any atom is -0.506 e. The lowest BCUT2D eigenvalue weighted by molar-refractivity contribution is -0.108. The van der Waals surface area contributed by atoms with Crippen LogP contribution in [0.25, 0.3) is 11.6 Å². The fourth-order valence-corrected chi connectivity index (χ4v) is 5.53. The molecule has 1 aliphatic carbocycles. The third-order valence-electron chi connectivity index (χ3n) is 6.08. The highest BCUT2D eigenvalue weighted by atomic mass is 31.1. The van der Waals surface area contributed by atoms with Crippen LogP contribution in [0.15, 0.2) is 59.3 Å². The van der Waals surface area contributed by atoms with Gasteiger partial charge in [0.1, 0.15) is 28.8 Å². The molecule has 0 radical (unpaired) electrons. The first-order chi connectivity index (χ1) is 18.0. The Labute approximate surface area is 221 Å². The number of fused-ring (bicyclic) bond motifs is 2. The van der Waals surface area contributed by atoms with Gasteiger partial charge in [-0.3, -0.25) is 19.9 Å². The van der Waals surface area contributed by atoms with E-state index in [1.807, 2.05) is 24.3 Å². The zero-order valence-corrected chi connectivity index (χ0v) is 20.7. The van der Waals surface area contributed by atoms with Crippen molar-refractivity contribution in [3.05, 3.63) is 88.7 Å². The number of carbonyl (C=O) groups excluding carboxylic acids is 3. The van der Waals surface area contributed by atoms with Crippen LogP contribution in [-0.4, -0.2) is 40.2 Å². The maximum atomic E-state index is 13.1. The van der Waals surface area contributed by atoms with E-state index in [0.717, 1.165) is 16.7 Å². The summed E-state index contributed by atoms with van der Waals surface area (Å²) in [4.78, 5) is 40.1. The maximum Gasteiger partial charge on any atom is 0.322 e. The van der Waals surface area contributed by atoms with Crippen LogP contribution in [-0.2, 0) is 17.8 Å². The number of nitrogens with one attached hydrogen (secondary N) is 2. The summed E-state index contributed by atoms with van der Waals surface area (Å²) in [5.41, 5.74) is 3.78. The van der Waals surface area contributed by atoms with Crippen molar-refractivity contribution in [2.45, 2.75) is 26.2 Å². The number of aromatic nitrogens is 1. The number of rotatable bonds is 7. The molecule has 2 aromatic heterocycles. The summed E-state index contributed by atoms with van der Waals surface area (Å²) >= 11 is 0. The van der Waals surface area contributed by atoms with Gasteiger partial charge >= 0.3 is 6.03 Å². The Balaban J connectivity index is 0.00000336. The van der Waals surface area contributed by atoms with Crippen molar-refractivity contribution in [3.63, 3.8) is 0 Å². The lowest BCUT2D eigenvalue weighted by Crippen LogP contribution is -2.36. The SMILES string of the molecule is C.COc1ccc2c(c1)C(=O)N(PC(NC(=O)NC=O)c1cc3c(o1)C=CC(c1ccncc1O)=CC3)C2. The summed E-state index contributed by atoms with van der Waals surface area (Å²) in [5, 5.41) is 15.0. The number of allylic oxidation sites excluding steroid dienone is 3. The number of furan rings is 1. The van der Waals surface area contributed by atoms with Crippen LogP contribution in [0.5, 0.6) is 11.5 Å². The third-order valence-corrected chi connectivity index (χ3v) is 7.44. The molecule has 0 saturated carbocycles. The molecule has 0 saturated heterocycles. The van der Waals surface area contributed by atoms with Gasteiger partial charge in [0, 0.05) is 31.6 Å². The Hall–Kier alpha value is -4.43. The van der Waals surface area contributed by atoms with Crippen molar-refractivity contribution in [1.29, 1.82) is 0 Å². The van der Waals surface area contributed by atoms with E-state index < -0.39 is 11.8 Å². The van der Waals surface area contributed by atoms with Gasteiger partial charge in [-0.2, -0.15) is 0 Å². The van der Waals surface area contributed by atoms with Gasteiger partial charge < -0.3 is 24.2 Å². The Morgan fingerprint density at radius 1 is 1.24 bits per heavy atom. The average molecular weight is 535 g/mol. The molecule has 5 rings (SSSR count). The molecule has 0 spiro atoms. The van der Waals surface area contributed by atoms with E-state index in [1.165, 1.54) is 6.20 Å². The van der Waals surface area contributed by atoms with E-state index in [-0.39, 0.29) is 27.8 Å². The number of urea groups is 1. The number of hydrogen-bond donors (Lipinski definition) is 3. The zero-order valence-electron chi connectivity index (χ0n) is 19.7. The summed E-state index contributed by atoms with van der Waals surface area (Å²) in [5.74, 6) is 0.868. The van der Waals surface area contributed by atoms with Crippen molar-refractivity contribution >= 4 is 38.7 Å². The number of methoxy groups -OCH3 is 1. The molecule has 1 aliphatic heterocycles. The molecule has 38 heavy (non-hydrogen) atoms. The molecule has 4 amide bonds. The highest BCUT2D eigenvalue weighted by Crippen LogP contribution is 2.43. The summed E-state index contributed by atoms with van der Waals surface area (Å²) in [6.45, 7) is 0.381. The van der Waals surface area contributed by atoms with Gasteiger partial charge in [0.25, 0.3) is 5.91 Å². The van der Waals surface area contributed by atoms with E-state index in [4.69, 9.17) is 9.15 Å². The molecule has 3 N–H and O–H groups in total. The predicted octanol–water partition coefficient (Wildman–Crippen LogP) is 4.38. The second-order valence-corrected chi connectivity index (χ2v) is 9.72. The van der Waals surface area contributed by atoms with Gasteiger partial charge in [-0.25, -0.2) is 4.79 Å². The molecule has 11 heteroatoms. The molecule has 2 aliphatic rings. The Morgan fingerprint density at radius 2 is 2.08 bits per heavy atom. The second-order valence-electron chi connectivity index (χ2n) is 8.34. The lowest BCUT2D eigenvalue weighted by atomic mass is 10.1. The first kappa shape index (κ1) is 26.6. The largest absolute Gasteiger partial charge is 0.506 e. The minimum absolute atomic E-state index is 0. The molecule has 0 bridgehead atoms. The molecule has 10 nitrogen and oxygen atoms in total. The Kier molecular flexibility index (Phi) is 7.93. The Morgan fingerprint density at radius 3 is 2.84 bits per heavy atom. The Bertz CT molecular complexity index is 1450. The summed E-state index contributed by atoms with van der Waals surface area (Å²) < 4.78 is 13.0. The van der Waals surface area contributed by atoms with Crippen LogP contribution in [0.1, 0.15) is 51.8 Å². The van der Waals surface area contributed by atoms with Crippen LogP contribution in [0.3, 0.4) is 0 Å². The molecule has 3 heterocycles. The smallest absolute Gasteiger partial charge is 0.322 e. The van der Waals surface area contributed by atoms with Crippen LogP contribution >= 0.6 is 8.73 Å². The zero-order chi connectivity index (χ0) is 25.9. The molecule has 3 aromatic rings. The number of benzene rings is 1. The third kappa shape index (κ3) is 5.31.